The molecule has 2 fully saturated rings. The molecule has 88 heavy (non-hydrogen) atoms. The first-order valence-corrected chi connectivity index (χ1v) is 29.0. The van der Waals surface area contributed by atoms with Crippen molar-refractivity contribution in [3.8, 4) is 11.1 Å². The Labute approximate surface area is 514 Å². The number of epoxide rings is 1. The van der Waals surface area contributed by atoms with Crippen molar-refractivity contribution >= 4 is 76.8 Å². The number of fused-ring (bicyclic) bond motifs is 8. The number of rotatable bonds is 21. The molecule has 1 aliphatic carbocycles. The predicted molar refractivity (Wildman–Crippen MR) is 318 cm³/mol. The van der Waals surface area contributed by atoms with Gasteiger partial charge in [-0.1, -0.05) is 104 Å². The molecule has 27 heteroatoms. The standard InChI is InChI=1S/C61H76ClN9O17/c1-34-14-13-15-36(3)61(82)26-46(86-58(80)68-61)37(4)56-60(6,88-56)47(25-53(77)71(8)45-24-39(22-34)23-35(2)55(45)62)87-57(79)38(5)70(7)54(78)33-83-31-51(75)67-29-50(74)66-28-49(73)65-27-48(72)63-20-21-64-52(76)32-85-69-59(81)84-30-44-42-18-11-9-16-40(42)41-17-10-12-19-43(41)44/h9-19,23-24,36-38,44,46-47,56,82H,20-22,25-33H2,1-8H3,(H,63,72)(H,64,76)(H,65,73)(H,66,74)(H,67,75)(H,68,80)(H,69,81)/b15-13+,34-14+. The number of aryl methyl sites for hydroxylation is 1. The number of nitrogens with zero attached hydrogens (tertiary/aromatic N) is 2. The molecule has 8 N–H and O–H groups in total. The van der Waals surface area contributed by atoms with E-state index >= 15 is 0 Å². The molecule has 0 saturated carbocycles. The van der Waals surface area contributed by atoms with Gasteiger partial charge >= 0.3 is 18.2 Å². The lowest BCUT2D eigenvalue weighted by atomic mass is 9.82. The lowest BCUT2D eigenvalue weighted by Crippen LogP contribution is -2.60. The van der Waals surface area contributed by atoms with E-state index in [0.29, 0.717) is 17.1 Å². The highest BCUT2D eigenvalue weighted by molar-refractivity contribution is 6.34. The fourth-order valence-electron chi connectivity index (χ4n) is 10.5. The van der Waals surface area contributed by atoms with E-state index in [4.69, 9.17) is 40.1 Å². The quantitative estimate of drug-likeness (QED) is 0.0250. The van der Waals surface area contributed by atoms with Crippen molar-refractivity contribution in [1.29, 1.82) is 0 Å². The van der Waals surface area contributed by atoms with E-state index in [0.717, 1.165) is 43.9 Å². The van der Waals surface area contributed by atoms with Crippen LogP contribution in [0.4, 0.5) is 15.3 Å². The van der Waals surface area contributed by atoms with Crippen LogP contribution in [0.3, 0.4) is 0 Å². The predicted octanol–water partition coefficient (Wildman–Crippen LogP) is 2.50. The summed E-state index contributed by atoms with van der Waals surface area (Å²) in [6, 6.07) is 18.2. The number of hydrogen-bond donors (Lipinski definition) is 8. The maximum absolute atomic E-state index is 14.3. The fourth-order valence-corrected chi connectivity index (χ4v) is 10.7. The molecule has 7 rings (SSSR count). The summed E-state index contributed by atoms with van der Waals surface area (Å²) in [6.07, 6.45) is 1.03. The van der Waals surface area contributed by atoms with Crippen molar-refractivity contribution in [3.63, 3.8) is 0 Å². The number of likely N-dealkylation sites (N-methyl/N-ethyl adjacent to an activating group) is 1. The third-order valence-corrected chi connectivity index (χ3v) is 16.4. The number of alkyl carbamates (subject to hydrolysis) is 1. The van der Waals surface area contributed by atoms with Crippen molar-refractivity contribution in [2.75, 3.05) is 78.1 Å². The zero-order chi connectivity index (χ0) is 64.0. The van der Waals surface area contributed by atoms with Crippen LogP contribution in [0.15, 0.2) is 84.5 Å². The SMILES string of the molecule is C/C1=C\C=C\C(C)C2(O)CC(OC(=O)N2)C(C)C2OC2(C)C(OC(=O)C(C)N(C)C(=O)COCC(=O)NCC(=O)NCC(=O)NCC(=O)NCCNC(=O)CONC(=O)OCC2c3ccccc3-c3ccccc32)CC(=O)N(C)c2cc(cc(C)c2Cl)C1. The Kier molecular flexibility index (Phi) is 22.9. The first-order valence-electron chi connectivity index (χ1n) is 28.7. The number of carbonyl (C=O) groups excluding carboxylic acids is 10. The summed E-state index contributed by atoms with van der Waals surface area (Å²) in [5, 5.41) is 26.5. The molecular weight excluding hydrogens is 1170 g/mol. The van der Waals surface area contributed by atoms with Crippen LogP contribution in [0.5, 0.6) is 0 Å². The van der Waals surface area contributed by atoms with Crippen LogP contribution in [-0.4, -0.2) is 178 Å². The van der Waals surface area contributed by atoms with Gasteiger partial charge in [0.25, 0.3) is 0 Å². The average Bonchev–Trinajstić information content (AvgIpc) is 1.62. The third-order valence-electron chi connectivity index (χ3n) is 15.9. The van der Waals surface area contributed by atoms with Gasteiger partial charge in [0.05, 0.1) is 42.9 Å². The number of allylic oxidation sites excluding steroid dienone is 3. The number of benzene rings is 3. The normalized spacial score (nSPS) is 23.5. The lowest BCUT2D eigenvalue weighted by molar-refractivity contribution is -0.163. The number of hydrogen-bond acceptors (Lipinski definition) is 17. The van der Waals surface area contributed by atoms with Crippen molar-refractivity contribution in [2.45, 2.75) is 102 Å². The number of amides is 9. The van der Waals surface area contributed by atoms with Gasteiger partial charge in [-0.05, 0) is 73.6 Å². The molecule has 2 saturated heterocycles. The van der Waals surface area contributed by atoms with Crippen molar-refractivity contribution in [1.82, 2.24) is 42.3 Å². The molecule has 4 aliphatic rings. The second-order valence-electron chi connectivity index (χ2n) is 22.4. The molecular formula is C61H76ClN9O17. The Balaban J connectivity index is 0.784. The van der Waals surface area contributed by atoms with Crippen LogP contribution in [0, 0.1) is 18.8 Å². The summed E-state index contributed by atoms with van der Waals surface area (Å²) in [7, 11) is 2.87. The molecule has 8 atom stereocenters. The molecule has 9 amide bonds. The third kappa shape index (κ3) is 17.4. The minimum atomic E-state index is -1.69. The zero-order valence-electron chi connectivity index (χ0n) is 50.3. The molecule has 4 bridgehead atoms. The van der Waals surface area contributed by atoms with E-state index in [-0.39, 0.29) is 32.0 Å². The van der Waals surface area contributed by atoms with Gasteiger partial charge in [-0.15, -0.1) is 0 Å². The number of halogens is 1. The molecule has 474 valence electrons. The Bertz CT molecular complexity index is 3170. The van der Waals surface area contributed by atoms with Gasteiger partial charge in [0, 0.05) is 51.4 Å². The summed E-state index contributed by atoms with van der Waals surface area (Å²) in [4.78, 5) is 136. The van der Waals surface area contributed by atoms with E-state index < -0.39 is 153 Å². The Morgan fingerprint density at radius 2 is 1.43 bits per heavy atom. The Hall–Kier alpha value is -8.43. The topological polar surface area (TPSA) is 340 Å². The van der Waals surface area contributed by atoms with Crippen molar-refractivity contribution < 1.29 is 81.6 Å². The smallest absolute Gasteiger partial charge is 0.431 e. The molecule has 3 aromatic carbocycles. The van der Waals surface area contributed by atoms with Crippen molar-refractivity contribution in [3.05, 3.63) is 112 Å². The molecule has 8 unspecified atom stereocenters. The molecule has 0 aromatic heterocycles. The van der Waals surface area contributed by atoms with Gasteiger partial charge in [0.15, 0.2) is 6.61 Å². The fraction of sp³-hybridized carbons (Fsp3) is 0.475. The summed E-state index contributed by atoms with van der Waals surface area (Å²) in [6.45, 7) is 6.93. The maximum Gasteiger partial charge on any atom is 0.431 e. The average molecular weight is 1240 g/mol. The second kappa shape index (κ2) is 30.0. The minimum Gasteiger partial charge on any atom is -0.457 e. The summed E-state index contributed by atoms with van der Waals surface area (Å²) < 4.78 is 28.7. The Morgan fingerprint density at radius 3 is 2.08 bits per heavy atom. The van der Waals surface area contributed by atoms with Crippen molar-refractivity contribution in [2.24, 2.45) is 11.8 Å². The highest BCUT2D eigenvalue weighted by Crippen LogP contribution is 2.49. The molecule has 0 spiro atoms. The van der Waals surface area contributed by atoms with Gasteiger partial charge in [0.1, 0.15) is 49.4 Å². The number of esters is 1. The van der Waals surface area contributed by atoms with Crippen LogP contribution < -0.4 is 42.3 Å². The second-order valence-corrected chi connectivity index (χ2v) is 22.8. The molecule has 3 heterocycles. The van der Waals surface area contributed by atoms with Gasteiger partial charge in [-0.3, -0.25) is 43.7 Å². The van der Waals surface area contributed by atoms with E-state index in [2.05, 4.69) is 37.4 Å². The highest BCUT2D eigenvalue weighted by Gasteiger charge is 2.64. The minimum absolute atomic E-state index is 0.00817. The molecule has 0 radical (unpaired) electrons. The number of ether oxygens (including phenoxy) is 5. The number of anilines is 1. The van der Waals surface area contributed by atoms with Crippen LogP contribution in [0.1, 0.15) is 75.6 Å². The number of hydroxylamine groups is 1. The van der Waals surface area contributed by atoms with Gasteiger partial charge in [-0.25, -0.2) is 14.4 Å². The molecule has 26 nitrogen and oxygen atoms in total. The summed E-state index contributed by atoms with van der Waals surface area (Å²) in [5.41, 5.74) is 6.27. The first kappa shape index (κ1) is 67.1. The largest absolute Gasteiger partial charge is 0.457 e. The number of aliphatic hydroxyl groups is 1. The first-order chi connectivity index (χ1) is 41.8. The molecule has 3 aliphatic heterocycles. The molecule has 3 aromatic rings. The van der Waals surface area contributed by atoms with E-state index in [1.54, 1.807) is 33.9 Å². The van der Waals surface area contributed by atoms with Gasteiger partial charge < -0.3 is 65.2 Å². The maximum atomic E-state index is 14.3. The van der Waals surface area contributed by atoms with Crippen LogP contribution in [0.25, 0.3) is 11.1 Å². The van der Waals surface area contributed by atoms with E-state index in [9.17, 15) is 53.1 Å². The highest BCUT2D eigenvalue weighted by atomic mass is 35.5. The lowest BCUT2D eigenvalue weighted by Gasteiger charge is -2.41. The summed E-state index contributed by atoms with van der Waals surface area (Å²) in [5.74, 6) is -6.91. The van der Waals surface area contributed by atoms with Crippen LogP contribution in [0.2, 0.25) is 5.02 Å². The number of nitrogens with one attached hydrogen (secondary N) is 7. The van der Waals surface area contributed by atoms with E-state index in [1.165, 1.54) is 18.9 Å². The zero-order valence-corrected chi connectivity index (χ0v) is 51.0. The Morgan fingerprint density at radius 1 is 0.841 bits per heavy atom. The van der Waals surface area contributed by atoms with Gasteiger partial charge in [0.2, 0.25) is 41.4 Å². The van der Waals surface area contributed by atoms with E-state index in [1.807, 2.05) is 86.7 Å². The van der Waals surface area contributed by atoms with Crippen LogP contribution in [-0.2, 0) is 73.3 Å². The summed E-state index contributed by atoms with van der Waals surface area (Å²) >= 11 is 6.80. The van der Waals surface area contributed by atoms with Crippen LogP contribution >= 0.6 is 11.6 Å². The van der Waals surface area contributed by atoms with Gasteiger partial charge in [-0.2, -0.15) is 5.48 Å². The number of carbonyl (C=O) groups is 10. The monoisotopic (exact) mass is 1240 g/mol.